The van der Waals surface area contributed by atoms with Crippen LogP contribution in [0.25, 0.3) is 0 Å². The summed E-state index contributed by atoms with van der Waals surface area (Å²) in [5.41, 5.74) is 0.377. The smallest absolute Gasteiger partial charge is 0.251 e. The molecule has 1 fully saturated rings. The number of hydrogen-bond donors (Lipinski definition) is 2. The van der Waals surface area contributed by atoms with Gasteiger partial charge in [-0.3, -0.25) is 4.79 Å². The van der Waals surface area contributed by atoms with Crippen LogP contribution in [0, 0.1) is 0 Å². The third kappa shape index (κ3) is 5.32. The Kier molecular flexibility index (Phi) is 6.59. The molecular formula is C17H26N2O3S. The van der Waals surface area contributed by atoms with Crippen molar-refractivity contribution in [3.8, 4) is 0 Å². The van der Waals surface area contributed by atoms with Gasteiger partial charge in [-0.05, 0) is 37.5 Å². The number of hydrogen-bond acceptors (Lipinski definition) is 3. The standard InChI is InChI=1S/C17H26N2O3S/c1-2-12-18-17(20)14-8-7-11-16(13-14)23(21,22)19-15-9-5-3-4-6-10-15/h7-8,11,13,15,19H,2-6,9-10,12H2,1H3,(H,18,20). The lowest BCUT2D eigenvalue weighted by atomic mass is 10.1. The van der Waals surface area contributed by atoms with E-state index in [1.54, 1.807) is 12.1 Å². The summed E-state index contributed by atoms with van der Waals surface area (Å²) in [7, 11) is -3.58. The Bertz CT molecular complexity index is 620. The molecule has 0 spiro atoms. The van der Waals surface area contributed by atoms with Gasteiger partial charge in [-0.15, -0.1) is 0 Å². The van der Waals surface area contributed by atoms with Crippen LogP contribution in [0.1, 0.15) is 62.2 Å². The highest BCUT2D eigenvalue weighted by Crippen LogP contribution is 2.20. The van der Waals surface area contributed by atoms with Gasteiger partial charge in [0, 0.05) is 18.2 Å². The number of benzene rings is 1. The van der Waals surface area contributed by atoms with Crippen LogP contribution in [0.5, 0.6) is 0 Å². The first-order valence-corrected chi connectivity index (χ1v) is 9.92. The van der Waals surface area contributed by atoms with E-state index in [4.69, 9.17) is 0 Å². The van der Waals surface area contributed by atoms with Gasteiger partial charge in [0.15, 0.2) is 0 Å². The lowest BCUT2D eigenvalue weighted by Gasteiger charge is -2.16. The summed E-state index contributed by atoms with van der Waals surface area (Å²) in [4.78, 5) is 12.2. The van der Waals surface area contributed by atoms with Crippen molar-refractivity contribution in [1.29, 1.82) is 0 Å². The van der Waals surface area contributed by atoms with Crippen molar-refractivity contribution in [2.75, 3.05) is 6.54 Å². The Morgan fingerprint density at radius 2 is 1.87 bits per heavy atom. The molecule has 1 aromatic rings. The van der Waals surface area contributed by atoms with E-state index in [1.807, 2.05) is 6.92 Å². The zero-order valence-corrected chi connectivity index (χ0v) is 14.5. The number of rotatable bonds is 6. The van der Waals surface area contributed by atoms with E-state index in [0.717, 1.165) is 32.1 Å². The van der Waals surface area contributed by atoms with Gasteiger partial charge in [-0.1, -0.05) is 38.7 Å². The fourth-order valence-electron chi connectivity index (χ4n) is 2.83. The van der Waals surface area contributed by atoms with Gasteiger partial charge >= 0.3 is 0 Å². The fraction of sp³-hybridized carbons (Fsp3) is 0.588. The second-order valence-electron chi connectivity index (χ2n) is 6.09. The predicted octanol–water partition coefficient (Wildman–Crippen LogP) is 2.83. The minimum Gasteiger partial charge on any atom is -0.352 e. The van der Waals surface area contributed by atoms with Crippen LogP contribution in [-0.2, 0) is 10.0 Å². The molecule has 0 radical (unpaired) electrons. The van der Waals surface area contributed by atoms with Crippen LogP contribution >= 0.6 is 0 Å². The topological polar surface area (TPSA) is 75.3 Å². The molecule has 1 amide bonds. The maximum absolute atomic E-state index is 12.6. The number of amides is 1. The second-order valence-corrected chi connectivity index (χ2v) is 7.81. The van der Waals surface area contributed by atoms with Crippen LogP contribution < -0.4 is 10.0 Å². The van der Waals surface area contributed by atoms with Crippen LogP contribution in [0.15, 0.2) is 29.2 Å². The molecule has 1 aliphatic rings. The van der Waals surface area contributed by atoms with Crippen molar-refractivity contribution in [3.05, 3.63) is 29.8 Å². The van der Waals surface area contributed by atoms with Crippen molar-refractivity contribution in [2.45, 2.75) is 62.8 Å². The Labute approximate surface area is 138 Å². The predicted molar refractivity (Wildman–Crippen MR) is 90.9 cm³/mol. The highest BCUT2D eigenvalue weighted by Gasteiger charge is 2.22. The van der Waals surface area contributed by atoms with Gasteiger partial charge in [0.05, 0.1) is 4.90 Å². The highest BCUT2D eigenvalue weighted by molar-refractivity contribution is 7.89. The van der Waals surface area contributed by atoms with Crippen molar-refractivity contribution in [2.24, 2.45) is 0 Å². The van der Waals surface area contributed by atoms with Crippen molar-refractivity contribution >= 4 is 15.9 Å². The highest BCUT2D eigenvalue weighted by atomic mass is 32.2. The lowest BCUT2D eigenvalue weighted by Crippen LogP contribution is -2.34. The summed E-state index contributed by atoms with van der Waals surface area (Å²) in [5, 5.41) is 2.76. The third-order valence-electron chi connectivity index (χ3n) is 4.12. The average Bonchev–Trinajstić information content (AvgIpc) is 2.81. The fourth-order valence-corrected chi connectivity index (χ4v) is 4.18. The van der Waals surface area contributed by atoms with Gasteiger partial charge < -0.3 is 5.32 Å². The minimum absolute atomic E-state index is 0.0000686. The lowest BCUT2D eigenvalue weighted by molar-refractivity contribution is 0.0953. The normalized spacial score (nSPS) is 16.7. The van der Waals surface area contributed by atoms with Crippen LogP contribution in [0.2, 0.25) is 0 Å². The molecule has 0 saturated heterocycles. The van der Waals surface area contributed by atoms with Gasteiger partial charge in [0.25, 0.3) is 5.91 Å². The van der Waals surface area contributed by atoms with Crippen molar-refractivity contribution in [3.63, 3.8) is 0 Å². The molecule has 0 heterocycles. The zero-order valence-electron chi connectivity index (χ0n) is 13.7. The number of sulfonamides is 1. The first kappa shape index (κ1) is 17.9. The quantitative estimate of drug-likeness (QED) is 0.783. The summed E-state index contributed by atoms with van der Waals surface area (Å²) in [5.74, 6) is -0.238. The summed E-state index contributed by atoms with van der Waals surface area (Å²) < 4.78 is 27.9. The van der Waals surface area contributed by atoms with E-state index in [2.05, 4.69) is 10.0 Å². The molecule has 2 N–H and O–H groups in total. The van der Waals surface area contributed by atoms with Crippen LogP contribution in [0.4, 0.5) is 0 Å². The minimum atomic E-state index is -3.58. The maximum Gasteiger partial charge on any atom is 0.251 e. The SMILES string of the molecule is CCCNC(=O)c1cccc(S(=O)(=O)NC2CCCCCC2)c1. The molecule has 0 bridgehead atoms. The summed E-state index contributed by atoms with van der Waals surface area (Å²) in [6.45, 7) is 2.55. The largest absolute Gasteiger partial charge is 0.352 e. The van der Waals surface area contributed by atoms with Gasteiger partial charge in [-0.2, -0.15) is 0 Å². The number of nitrogens with one attached hydrogen (secondary N) is 2. The first-order valence-electron chi connectivity index (χ1n) is 8.43. The number of carbonyl (C=O) groups is 1. The molecule has 23 heavy (non-hydrogen) atoms. The Morgan fingerprint density at radius 1 is 1.17 bits per heavy atom. The van der Waals surface area contributed by atoms with Crippen LogP contribution in [-0.4, -0.2) is 26.9 Å². The molecule has 1 aliphatic carbocycles. The molecule has 0 unspecified atom stereocenters. The van der Waals surface area contributed by atoms with E-state index in [-0.39, 0.29) is 16.8 Å². The van der Waals surface area contributed by atoms with Gasteiger partial charge in [0.2, 0.25) is 10.0 Å². The first-order chi connectivity index (χ1) is 11.0. The molecule has 128 valence electrons. The Balaban J connectivity index is 2.11. The monoisotopic (exact) mass is 338 g/mol. The molecule has 0 atom stereocenters. The van der Waals surface area contributed by atoms with E-state index in [1.165, 1.54) is 25.0 Å². The summed E-state index contributed by atoms with van der Waals surface area (Å²) in [6, 6.07) is 6.23. The van der Waals surface area contributed by atoms with E-state index in [9.17, 15) is 13.2 Å². The van der Waals surface area contributed by atoms with Gasteiger partial charge in [-0.25, -0.2) is 13.1 Å². The van der Waals surface area contributed by atoms with E-state index < -0.39 is 10.0 Å². The van der Waals surface area contributed by atoms with Crippen LogP contribution in [0.3, 0.4) is 0 Å². The van der Waals surface area contributed by atoms with E-state index in [0.29, 0.717) is 12.1 Å². The summed E-state index contributed by atoms with van der Waals surface area (Å²) >= 11 is 0. The molecule has 1 aromatic carbocycles. The zero-order chi connectivity index (χ0) is 16.7. The molecule has 5 nitrogen and oxygen atoms in total. The average molecular weight is 338 g/mol. The maximum atomic E-state index is 12.6. The molecule has 0 aliphatic heterocycles. The number of carbonyl (C=O) groups excluding carboxylic acids is 1. The van der Waals surface area contributed by atoms with Gasteiger partial charge in [0.1, 0.15) is 0 Å². The summed E-state index contributed by atoms with van der Waals surface area (Å²) in [6.07, 6.45) is 7.08. The third-order valence-corrected chi connectivity index (χ3v) is 5.64. The second kappa shape index (κ2) is 8.45. The van der Waals surface area contributed by atoms with E-state index >= 15 is 0 Å². The molecule has 0 aromatic heterocycles. The van der Waals surface area contributed by atoms with Crippen molar-refractivity contribution in [1.82, 2.24) is 10.0 Å². The van der Waals surface area contributed by atoms with Crippen molar-refractivity contribution < 1.29 is 13.2 Å². The molecule has 1 saturated carbocycles. The molecule has 2 rings (SSSR count). The molecule has 6 heteroatoms. The molecular weight excluding hydrogens is 312 g/mol. The Hall–Kier alpha value is -1.40. The Morgan fingerprint density at radius 3 is 2.52 bits per heavy atom.